The third-order valence-electron chi connectivity index (χ3n) is 8.21. The van der Waals surface area contributed by atoms with E-state index in [9.17, 15) is 52.7 Å². The number of hydrogen-bond donors (Lipinski definition) is 1. The number of thiazole rings is 1. The lowest BCUT2D eigenvalue weighted by atomic mass is 9.12. The summed E-state index contributed by atoms with van der Waals surface area (Å²) in [4.78, 5) is 5.39. The highest BCUT2D eigenvalue weighted by atomic mass is 32.1. The van der Waals surface area contributed by atoms with Gasteiger partial charge in [0.1, 0.15) is 58.4 Å². The van der Waals surface area contributed by atoms with Crippen LogP contribution in [0.2, 0.25) is 0 Å². The van der Waals surface area contributed by atoms with Crippen LogP contribution in [0.1, 0.15) is 0 Å². The Morgan fingerprint density at radius 3 is 0.845 bits per heavy atom. The predicted molar refractivity (Wildman–Crippen MR) is 158 cm³/mol. The average molecular weight is 873 g/mol. The van der Waals surface area contributed by atoms with E-state index in [4.69, 9.17) is 9.94 Å². The summed E-state index contributed by atoms with van der Waals surface area (Å²) in [7, 11) is 0. The molecule has 0 radical (unpaired) electrons. The van der Waals surface area contributed by atoms with Gasteiger partial charge in [-0.3, -0.25) is 0 Å². The lowest BCUT2D eigenvalue weighted by Crippen LogP contribution is -2.81. The van der Waals surface area contributed by atoms with Crippen LogP contribution in [-0.4, -0.2) is 11.3 Å². The van der Waals surface area contributed by atoms with Crippen LogP contribution in [-0.2, 0) is 0 Å². The van der Waals surface area contributed by atoms with Crippen molar-refractivity contribution in [1.29, 1.82) is 0 Å². The predicted octanol–water partition coefficient (Wildman–Crippen LogP) is 7.43. The van der Waals surface area contributed by atoms with Crippen molar-refractivity contribution in [2.45, 2.75) is 0 Å². The standard InChI is InChI=1S/C24BF20.C9H7NO2S/c26-5-1(6(27)14(35)21(42)13(5)34)25(2-7(28)15(36)22(43)16(37)8(2)29,3-9(30)17(38)23(44)18(39)10(3)31)4-11(32)19(40)24(45)20(41)12(4)33;11-8-1-3-9(4-2-8)12-10-5-6-13-7-10/h;1-7H/q-1;/p+1. The molecule has 5 aromatic carbocycles. The zero-order valence-electron chi connectivity index (χ0n) is 26.9. The quantitative estimate of drug-likeness (QED) is 0.0622. The zero-order chi connectivity index (χ0) is 43.5. The lowest BCUT2D eigenvalue weighted by Gasteiger charge is -2.44. The number of rotatable bonds is 6. The molecule has 0 amide bonds. The van der Waals surface area contributed by atoms with E-state index in [0.717, 1.165) is 0 Å². The van der Waals surface area contributed by atoms with Crippen molar-refractivity contribution in [2.75, 3.05) is 0 Å². The Bertz CT molecular complexity index is 2230. The molecule has 1 heterocycles. The molecular formula is C33H8BF20NO2S. The van der Waals surface area contributed by atoms with E-state index >= 15 is 35.1 Å². The lowest BCUT2D eigenvalue weighted by molar-refractivity contribution is -0.871. The molecule has 58 heavy (non-hydrogen) atoms. The Morgan fingerprint density at radius 2 is 0.621 bits per heavy atom. The fourth-order valence-corrected chi connectivity index (χ4v) is 6.27. The first-order chi connectivity index (χ1) is 27.0. The van der Waals surface area contributed by atoms with Crippen LogP contribution in [0, 0.1) is 116 Å². The van der Waals surface area contributed by atoms with Gasteiger partial charge in [0.15, 0.2) is 69.8 Å². The largest absolute Gasteiger partial charge is 0.508 e. The SMILES string of the molecule is Fc1c(F)c(F)c([B-](c2c(F)c(F)c(F)c(F)c2F)(c2c(F)c(F)c(F)c(F)c2F)c2c(F)c(F)c(F)c(F)c2F)c(F)c1F.Oc1ccc(O[n+]2ccsc2)cc1. The minimum Gasteiger partial charge on any atom is -0.508 e. The summed E-state index contributed by atoms with van der Waals surface area (Å²) in [5, 5.41) is 10.9. The number of aromatic nitrogens is 1. The van der Waals surface area contributed by atoms with Gasteiger partial charge in [-0.1, -0.05) is 11.3 Å². The maximum atomic E-state index is 15.4. The Kier molecular flexibility index (Phi) is 11.7. The fourth-order valence-electron chi connectivity index (χ4n) is 5.78. The first-order valence-electron chi connectivity index (χ1n) is 14.7. The van der Waals surface area contributed by atoms with Crippen LogP contribution < -0.4 is 31.4 Å². The van der Waals surface area contributed by atoms with E-state index in [1.807, 2.05) is 17.1 Å². The van der Waals surface area contributed by atoms with Crippen LogP contribution in [0.5, 0.6) is 11.5 Å². The van der Waals surface area contributed by atoms with Crippen molar-refractivity contribution in [1.82, 2.24) is 0 Å². The van der Waals surface area contributed by atoms with E-state index in [1.54, 1.807) is 40.3 Å². The second kappa shape index (κ2) is 15.7. The van der Waals surface area contributed by atoms with Crippen molar-refractivity contribution >= 4 is 39.3 Å². The number of hydrogen-bond acceptors (Lipinski definition) is 3. The Hall–Kier alpha value is -6.01. The summed E-state index contributed by atoms with van der Waals surface area (Å²) in [6, 6.07) is 6.59. The van der Waals surface area contributed by atoms with Gasteiger partial charge in [-0.15, -0.1) is 21.9 Å². The summed E-state index contributed by atoms with van der Waals surface area (Å²) in [6.45, 7) is 0. The molecule has 0 saturated carbocycles. The molecule has 25 heteroatoms. The van der Waals surface area contributed by atoms with E-state index in [-0.39, 0.29) is 5.75 Å². The first kappa shape index (κ1) is 43.1. The number of aromatic hydroxyl groups is 1. The first-order valence-corrected chi connectivity index (χ1v) is 15.6. The second-order valence-electron chi connectivity index (χ2n) is 11.3. The third-order valence-corrected chi connectivity index (χ3v) is 8.81. The molecular weight excluding hydrogens is 865 g/mol. The monoisotopic (exact) mass is 873 g/mol. The molecule has 0 unspecified atom stereocenters. The van der Waals surface area contributed by atoms with Gasteiger partial charge < -0.3 is 5.11 Å². The number of nitrogens with zero attached hydrogens (tertiary/aromatic N) is 1. The summed E-state index contributed by atoms with van der Waals surface area (Å²) in [6.07, 6.45) is -5.40. The van der Waals surface area contributed by atoms with Crippen molar-refractivity contribution in [3.63, 3.8) is 0 Å². The van der Waals surface area contributed by atoms with Gasteiger partial charge in [0, 0.05) is 4.73 Å². The molecule has 0 spiro atoms. The summed E-state index contributed by atoms with van der Waals surface area (Å²) in [5.74, 6) is -70.5. The van der Waals surface area contributed by atoms with Gasteiger partial charge in [0.2, 0.25) is 11.9 Å². The van der Waals surface area contributed by atoms with Crippen LogP contribution in [0.15, 0.2) is 41.4 Å². The molecule has 0 bridgehead atoms. The molecule has 3 nitrogen and oxygen atoms in total. The maximum Gasteiger partial charge on any atom is 0.277 e. The van der Waals surface area contributed by atoms with Crippen LogP contribution in [0.4, 0.5) is 87.8 Å². The van der Waals surface area contributed by atoms with Gasteiger partial charge in [-0.2, -0.15) is 0 Å². The molecule has 1 N–H and O–H groups in total. The van der Waals surface area contributed by atoms with Crippen molar-refractivity contribution < 1.29 is 102 Å². The highest BCUT2D eigenvalue weighted by Gasteiger charge is 2.52. The van der Waals surface area contributed by atoms with Crippen LogP contribution in [0.3, 0.4) is 0 Å². The molecule has 0 aliphatic carbocycles. The molecule has 6 aromatic rings. The highest BCUT2D eigenvalue weighted by molar-refractivity contribution is 7.20. The minimum absolute atomic E-state index is 0.239. The zero-order valence-corrected chi connectivity index (χ0v) is 27.7. The molecule has 0 aliphatic rings. The topological polar surface area (TPSA) is 33.3 Å². The normalized spacial score (nSPS) is 11.5. The van der Waals surface area contributed by atoms with Gasteiger partial charge >= 0.3 is 0 Å². The molecule has 6 rings (SSSR count). The second-order valence-corrected chi connectivity index (χ2v) is 12.0. The molecule has 0 fully saturated rings. The Balaban J connectivity index is 0.000000414. The van der Waals surface area contributed by atoms with Gasteiger partial charge in [0.25, 0.3) is 5.51 Å². The molecule has 0 aliphatic heterocycles. The van der Waals surface area contributed by atoms with Gasteiger partial charge in [-0.05, 0) is 24.3 Å². The fraction of sp³-hybridized carbons (Fsp3) is 0. The molecule has 306 valence electrons. The highest BCUT2D eigenvalue weighted by Crippen LogP contribution is 2.30. The van der Waals surface area contributed by atoms with Crippen molar-refractivity contribution in [3.8, 4) is 11.5 Å². The molecule has 0 saturated heterocycles. The summed E-state index contributed by atoms with van der Waals surface area (Å²) < 4.78 is 296. The number of phenolic OH excluding ortho intramolecular Hbond substituents is 1. The van der Waals surface area contributed by atoms with E-state index in [2.05, 4.69) is 0 Å². The van der Waals surface area contributed by atoms with Gasteiger partial charge in [0.05, 0.1) is 5.38 Å². The molecule has 0 atom stereocenters. The van der Waals surface area contributed by atoms with Crippen LogP contribution >= 0.6 is 11.3 Å². The van der Waals surface area contributed by atoms with Gasteiger partial charge in [-0.25, -0.2) is 92.6 Å². The number of phenols is 1. The Morgan fingerprint density at radius 1 is 0.379 bits per heavy atom. The number of benzene rings is 5. The molecule has 1 aromatic heterocycles. The number of halogens is 20. The minimum atomic E-state index is -7.22. The van der Waals surface area contributed by atoms with Crippen molar-refractivity contribution in [2.24, 2.45) is 0 Å². The summed E-state index contributed by atoms with van der Waals surface area (Å²) in [5.41, 5.74) is -12.5. The van der Waals surface area contributed by atoms with E-state index < -0.39 is 144 Å². The average Bonchev–Trinajstić information content (AvgIpc) is 3.72. The Labute approximate surface area is 311 Å². The summed E-state index contributed by atoms with van der Waals surface area (Å²) >= 11 is 1.55. The van der Waals surface area contributed by atoms with Crippen molar-refractivity contribution in [3.05, 3.63) is 158 Å². The van der Waals surface area contributed by atoms with E-state index in [1.165, 1.54) is 0 Å². The van der Waals surface area contributed by atoms with Crippen LogP contribution in [0.25, 0.3) is 0 Å². The van der Waals surface area contributed by atoms with E-state index in [0.29, 0.717) is 5.75 Å². The smallest absolute Gasteiger partial charge is 0.277 e. The third kappa shape index (κ3) is 6.59. The maximum absolute atomic E-state index is 15.4.